The van der Waals surface area contributed by atoms with E-state index in [1.807, 2.05) is 0 Å². The summed E-state index contributed by atoms with van der Waals surface area (Å²) < 4.78 is 0. The molecule has 0 aliphatic heterocycles. The van der Waals surface area contributed by atoms with Crippen LogP contribution in [-0.4, -0.2) is 44.1 Å². The van der Waals surface area contributed by atoms with Gasteiger partial charge >= 0.3 is 11.9 Å². The number of aliphatic hydroxyl groups is 2. The Balaban J connectivity index is 1.73. The number of hydrogen-bond acceptors (Lipinski definition) is 4. The average molecular weight is 366 g/mol. The minimum atomic E-state index is -1.35. The molecule has 0 amide bonds. The van der Waals surface area contributed by atoms with Crippen LogP contribution in [0.15, 0.2) is 0 Å². The predicted molar refractivity (Wildman–Crippen MR) is 92.3 cm³/mol. The molecule has 146 valence electrons. The van der Waals surface area contributed by atoms with Crippen LogP contribution in [0.3, 0.4) is 0 Å². The molecule has 0 radical (unpaired) electrons. The third kappa shape index (κ3) is 2.12. The van der Waals surface area contributed by atoms with Gasteiger partial charge in [0.15, 0.2) is 0 Å². The largest absolute Gasteiger partial charge is 0.481 e. The topological polar surface area (TPSA) is 115 Å². The van der Waals surface area contributed by atoms with Crippen molar-refractivity contribution in [1.29, 1.82) is 0 Å². The number of carbonyl (C=O) groups is 2. The summed E-state index contributed by atoms with van der Waals surface area (Å²) in [6, 6.07) is 0. The van der Waals surface area contributed by atoms with Crippen LogP contribution in [-0.2, 0) is 9.59 Å². The Bertz CT molecular complexity index is 634. The van der Waals surface area contributed by atoms with Gasteiger partial charge in [-0.15, -0.1) is 0 Å². The SMILES string of the molecule is C[C@]12CC[C@H]3[C@@H](CC[C@@]4(O)C[C@H](O)CC[C@]34C(=O)O)[C@@H]1CC[C@@H]2C(=O)O. The first-order valence-corrected chi connectivity index (χ1v) is 10.0. The molecule has 4 aliphatic carbocycles. The Labute approximate surface area is 153 Å². The second-order valence-electron chi connectivity index (χ2n) is 9.63. The molecule has 0 spiro atoms. The van der Waals surface area contributed by atoms with Crippen LogP contribution in [0.2, 0.25) is 0 Å². The van der Waals surface area contributed by atoms with Gasteiger partial charge in [-0.1, -0.05) is 6.92 Å². The van der Waals surface area contributed by atoms with Gasteiger partial charge in [0, 0.05) is 6.42 Å². The number of aliphatic hydroxyl groups excluding tert-OH is 1. The van der Waals surface area contributed by atoms with Crippen molar-refractivity contribution in [1.82, 2.24) is 0 Å². The van der Waals surface area contributed by atoms with Gasteiger partial charge in [0.2, 0.25) is 0 Å². The first-order valence-electron chi connectivity index (χ1n) is 10.0. The Morgan fingerprint density at radius 3 is 2.31 bits per heavy atom. The molecule has 0 unspecified atom stereocenters. The maximum absolute atomic E-state index is 12.5. The van der Waals surface area contributed by atoms with E-state index in [4.69, 9.17) is 0 Å². The molecule has 0 saturated heterocycles. The van der Waals surface area contributed by atoms with Crippen molar-refractivity contribution in [2.24, 2.45) is 34.5 Å². The fourth-order valence-corrected chi connectivity index (χ4v) is 7.73. The fourth-order valence-electron chi connectivity index (χ4n) is 7.73. The van der Waals surface area contributed by atoms with Crippen LogP contribution in [0.4, 0.5) is 0 Å². The van der Waals surface area contributed by atoms with Crippen LogP contribution in [0.5, 0.6) is 0 Å². The lowest BCUT2D eigenvalue weighted by Crippen LogP contribution is -2.67. The highest BCUT2D eigenvalue weighted by Gasteiger charge is 2.69. The fraction of sp³-hybridized carbons (Fsp3) is 0.900. The zero-order valence-corrected chi connectivity index (χ0v) is 15.4. The van der Waals surface area contributed by atoms with E-state index in [1.54, 1.807) is 0 Å². The smallest absolute Gasteiger partial charge is 0.312 e. The van der Waals surface area contributed by atoms with E-state index in [0.29, 0.717) is 38.5 Å². The molecular formula is C20H30O6. The zero-order valence-electron chi connectivity index (χ0n) is 15.4. The molecule has 26 heavy (non-hydrogen) atoms. The molecule has 8 atom stereocenters. The van der Waals surface area contributed by atoms with E-state index in [1.165, 1.54) is 0 Å². The summed E-state index contributed by atoms with van der Waals surface area (Å²) >= 11 is 0. The van der Waals surface area contributed by atoms with Crippen LogP contribution >= 0.6 is 0 Å². The number of rotatable bonds is 2. The number of carboxylic acid groups (broad SMARTS) is 2. The third-order valence-corrected chi connectivity index (χ3v) is 8.92. The molecule has 0 aromatic heterocycles. The van der Waals surface area contributed by atoms with Gasteiger partial charge in [-0.2, -0.15) is 0 Å². The zero-order chi connectivity index (χ0) is 18.9. The van der Waals surface area contributed by atoms with Crippen LogP contribution in [0, 0.1) is 34.5 Å². The standard InChI is InChI=1S/C20H30O6/c1-18-7-6-14-12(13(18)2-3-15(18)16(22)23)5-8-19(26)10-11(21)4-9-20(14,19)17(24)25/h11-15,21,26H,2-10H2,1H3,(H,22,23)(H,24,25)/t11-,12+,13+,14+,15-,18+,19-,20-/m1/s1. The van der Waals surface area contributed by atoms with E-state index in [-0.39, 0.29) is 35.5 Å². The van der Waals surface area contributed by atoms with Gasteiger partial charge in [-0.25, -0.2) is 0 Å². The first kappa shape index (κ1) is 18.2. The Hall–Kier alpha value is -1.14. The van der Waals surface area contributed by atoms with Gasteiger partial charge in [0.25, 0.3) is 0 Å². The summed E-state index contributed by atoms with van der Waals surface area (Å²) in [6.45, 7) is 2.08. The third-order valence-electron chi connectivity index (χ3n) is 8.92. The Morgan fingerprint density at radius 2 is 1.65 bits per heavy atom. The molecule has 4 N–H and O–H groups in total. The summed E-state index contributed by atoms with van der Waals surface area (Å²) in [7, 11) is 0. The van der Waals surface area contributed by atoms with E-state index >= 15 is 0 Å². The first-order chi connectivity index (χ1) is 12.2. The van der Waals surface area contributed by atoms with E-state index in [2.05, 4.69) is 6.92 Å². The van der Waals surface area contributed by atoms with Crippen molar-refractivity contribution < 1.29 is 30.0 Å². The minimum absolute atomic E-state index is 0.128. The molecule has 6 nitrogen and oxygen atoms in total. The quantitative estimate of drug-likeness (QED) is 0.596. The average Bonchev–Trinajstić information content (AvgIpc) is 2.91. The molecule has 4 fully saturated rings. The van der Waals surface area contributed by atoms with Crippen molar-refractivity contribution in [3.63, 3.8) is 0 Å². The number of carboxylic acids is 2. The molecule has 4 aliphatic rings. The molecule has 6 heteroatoms. The second kappa shape index (κ2) is 5.68. The normalized spacial score (nSPS) is 53.3. The van der Waals surface area contributed by atoms with Crippen molar-refractivity contribution >= 4 is 11.9 Å². The lowest BCUT2D eigenvalue weighted by atomic mass is 9.42. The summed E-state index contributed by atoms with van der Waals surface area (Å²) in [5, 5.41) is 41.3. The molecule has 4 saturated carbocycles. The van der Waals surface area contributed by atoms with Gasteiger partial charge in [-0.05, 0) is 74.5 Å². The lowest BCUT2D eigenvalue weighted by molar-refractivity contribution is -0.235. The van der Waals surface area contributed by atoms with Crippen molar-refractivity contribution in [3.05, 3.63) is 0 Å². The Morgan fingerprint density at radius 1 is 0.923 bits per heavy atom. The lowest BCUT2D eigenvalue weighted by Gasteiger charge is -2.62. The summed E-state index contributed by atoms with van der Waals surface area (Å²) in [6.07, 6.45) is 4.23. The molecule has 0 aromatic carbocycles. The van der Waals surface area contributed by atoms with Crippen LogP contribution < -0.4 is 0 Å². The van der Waals surface area contributed by atoms with Gasteiger partial charge in [0.1, 0.15) is 0 Å². The number of aliphatic carboxylic acids is 2. The van der Waals surface area contributed by atoms with Gasteiger partial charge in [0.05, 0.1) is 23.0 Å². The highest BCUT2D eigenvalue weighted by Crippen LogP contribution is 2.68. The van der Waals surface area contributed by atoms with Crippen molar-refractivity contribution in [2.45, 2.75) is 76.4 Å². The maximum Gasteiger partial charge on any atom is 0.312 e. The van der Waals surface area contributed by atoms with Crippen LogP contribution in [0.1, 0.15) is 64.7 Å². The van der Waals surface area contributed by atoms with Crippen LogP contribution in [0.25, 0.3) is 0 Å². The molecule has 0 heterocycles. The highest BCUT2D eigenvalue weighted by atomic mass is 16.4. The monoisotopic (exact) mass is 366 g/mol. The number of hydrogen-bond donors (Lipinski definition) is 4. The highest BCUT2D eigenvalue weighted by molar-refractivity contribution is 5.78. The summed E-state index contributed by atoms with van der Waals surface area (Å²) in [5.74, 6) is -1.76. The molecule has 0 aromatic rings. The van der Waals surface area contributed by atoms with E-state index < -0.39 is 29.1 Å². The van der Waals surface area contributed by atoms with Crippen molar-refractivity contribution in [3.8, 4) is 0 Å². The molecule has 0 bridgehead atoms. The molecular weight excluding hydrogens is 336 g/mol. The number of fused-ring (bicyclic) bond motifs is 5. The van der Waals surface area contributed by atoms with Gasteiger partial charge < -0.3 is 20.4 Å². The second-order valence-corrected chi connectivity index (χ2v) is 9.63. The van der Waals surface area contributed by atoms with Gasteiger partial charge in [-0.3, -0.25) is 9.59 Å². The van der Waals surface area contributed by atoms with Crippen molar-refractivity contribution in [2.75, 3.05) is 0 Å². The van der Waals surface area contributed by atoms with E-state index in [0.717, 1.165) is 12.8 Å². The predicted octanol–water partition coefficient (Wildman–Crippen LogP) is 2.27. The molecule has 4 rings (SSSR count). The summed E-state index contributed by atoms with van der Waals surface area (Å²) in [5.41, 5.74) is -2.82. The minimum Gasteiger partial charge on any atom is -0.481 e. The maximum atomic E-state index is 12.5. The van der Waals surface area contributed by atoms with E-state index in [9.17, 15) is 30.0 Å². The Kier molecular flexibility index (Phi) is 3.98. The summed E-state index contributed by atoms with van der Waals surface area (Å²) in [4.78, 5) is 24.2.